The van der Waals surface area contributed by atoms with E-state index in [1.165, 1.54) is 0 Å². The molecule has 0 radical (unpaired) electrons. The molecule has 1 unspecified atom stereocenters. The van der Waals surface area contributed by atoms with Gasteiger partial charge in [0.05, 0.1) is 0 Å². The summed E-state index contributed by atoms with van der Waals surface area (Å²) in [5.74, 6) is -0.506. The lowest BCUT2D eigenvalue weighted by Crippen LogP contribution is -2.29. The van der Waals surface area contributed by atoms with Crippen LogP contribution in [0.1, 0.15) is 32.3 Å². The van der Waals surface area contributed by atoms with E-state index in [1.807, 2.05) is 48.5 Å². The molecule has 0 aromatic heterocycles. The number of hydrogen-bond donors (Lipinski definition) is 1. The number of carbonyl (C=O) groups excluding carboxylic acids is 2. The predicted octanol–water partition coefficient (Wildman–Crippen LogP) is 3.92. The van der Waals surface area contributed by atoms with Gasteiger partial charge in [-0.15, -0.1) is 5.11 Å². The molecule has 0 saturated carbocycles. The topological polar surface area (TPSA) is 70.9 Å². The Labute approximate surface area is 144 Å². The number of nitrogens with zero attached hydrogens (tertiary/aromatic N) is 2. The molecule has 3 aromatic carbocycles. The maximum Gasteiger partial charge on any atom is 0.295 e. The number of nitrogens with one attached hydrogen (secondary N) is 1. The Hall–Kier alpha value is -3.34. The van der Waals surface area contributed by atoms with E-state index in [4.69, 9.17) is 0 Å². The van der Waals surface area contributed by atoms with Gasteiger partial charge in [0, 0.05) is 17.7 Å². The van der Waals surface area contributed by atoms with Crippen molar-refractivity contribution in [3.05, 3.63) is 83.4 Å². The second-order valence-corrected chi connectivity index (χ2v) is 5.86. The zero-order valence-electron chi connectivity index (χ0n) is 13.3. The first-order valence-corrected chi connectivity index (χ1v) is 8.04. The molecule has 0 bridgehead atoms. The average Bonchev–Trinajstić information content (AvgIpc) is 2.67. The molecule has 0 spiro atoms. The van der Waals surface area contributed by atoms with Crippen molar-refractivity contribution in [2.75, 3.05) is 6.54 Å². The molecule has 5 nitrogen and oxygen atoms in total. The SMILES string of the molecule is O=C1N=NC(CNC(=O)c2cccc3ccccc23)c2ccccc21. The van der Waals surface area contributed by atoms with Gasteiger partial charge in [-0.2, -0.15) is 5.11 Å². The Balaban J connectivity index is 1.56. The van der Waals surface area contributed by atoms with E-state index in [2.05, 4.69) is 15.5 Å². The first-order chi connectivity index (χ1) is 12.2. The van der Waals surface area contributed by atoms with Crippen LogP contribution >= 0.6 is 0 Å². The molecule has 0 aliphatic carbocycles. The van der Waals surface area contributed by atoms with Gasteiger partial charge in [-0.1, -0.05) is 54.6 Å². The van der Waals surface area contributed by atoms with Crippen LogP contribution in [0.15, 0.2) is 77.0 Å². The minimum absolute atomic E-state index is 0.165. The molecule has 1 aliphatic heterocycles. The third-order valence-electron chi connectivity index (χ3n) is 4.33. The third kappa shape index (κ3) is 2.80. The number of benzene rings is 3. The third-order valence-corrected chi connectivity index (χ3v) is 4.33. The maximum absolute atomic E-state index is 12.6. The minimum Gasteiger partial charge on any atom is -0.349 e. The molecule has 0 fully saturated rings. The van der Waals surface area contributed by atoms with Gasteiger partial charge in [-0.25, -0.2) is 0 Å². The van der Waals surface area contributed by atoms with Crippen LogP contribution in [0.4, 0.5) is 0 Å². The van der Waals surface area contributed by atoms with Crippen LogP contribution in [0.5, 0.6) is 0 Å². The first kappa shape index (κ1) is 15.2. The van der Waals surface area contributed by atoms with Gasteiger partial charge in [0.15, 0.2) is 0 Å². The van der Waals surface area contributed by atoms with Gasteiger partial charge in [0.2, 0.25) is 0 Å². The molecule has 3 aromatic rings. The van der Waals surface area contributed by atoms with Crippen LogP contribution in [0.2, 0.25) is 0 Å². The predicted molar refractivity (Wildman–Crippen MR) is 94.7 cm³/mol. The van der Waals surface area contributed by atoms with E-state index in [9.17, 15) is 9.59 Å². The van der Waals surface area contributed by atoms with Crippen molar-refractivity contribution in [1.82, 2.24) is 5.32 Å². The maximum atomic E-state index is 12.6. The van der Waals surface area contributed by atoms with Crippen LogP contribution in [-0.2, 0) is 0 Å². The van der Waals surface area contributed by atoms with Crippen molar-refractivity contribution in [1.29, 1.82) is 0 Å². The smallest absolute Gasteiger partial charge is 0.295 e. The molecule has 1 heterocycles. The van der Waals surface area contributed by atoms with Crippen molar-refractivity contribution in [3.63, 3.8) is 0 Å². The van der Waals surface area contributed by atoms with Gasteiger partial charge in [0.1, 0.15) is 6.04 Å². The lowest BCUT2D eigenvalue weighted by Gasteiger charge is -2.18. The average molecular weight is 329 g/mol. The highest BCUT2D eigenvalue weighted by atomic mass is 16.2. The summed E-state index contributed by atoms with van der Waals surface area (Å²) in [6, 6.07) is 20.3. The number of rotatable bonds is 3. The number of azo groups is 1. The molecular weight excluding hydrogens is 314 g/mol. The molecule has 2 amide bonds. The van der Waals surface area contributed by atoms with Crippen molar-refractivity contribution >= 4 is 22.6 Å². The summed E-state index contributed by atoms with van der Waals surface area (Å²) in [6.45, 7) is 0.288. The molecule has 4 rings (SSSR count). The van der Waals surface area contributed by atoms with Gasteiger partial charge >= 0.3 is 0 Å². The van der Waals surface area contributed by atoms with Crippen molar-refractivity contribution in [2.24, 2.45) is 10.2 Å². The summed E-state index contributed by atoms with van der Waals surface area (Å²) < 4.78 is 0. The Bertz CT molecular complexity index is 1010. The molecule has 5 heteroatoms. The van der Waals surface area contributed by atoms with Crippen molar-refractivity contribution in [3.8, 4) is 0 Å². The Morgan fingerprint density at radius 3 is 2.64 bits per heavy atom. The van der Waals surface area contributed by atoms with Gasteiger partial charge in [0.25, 0.3) is 11.8 Å². The monoisotopic (exact) mass is 329 g/mol. The molecule has 1 aliphatic rings. The standard InChI is InChI=1S/C20H15N3O2/c24-19(16-11-5-7-13-6-1-2-8-14(13)16)21-12-18-15-9-3-4-10-17(15)20(25)23-22-18/h1-11,18H,12H2,(H,21,24). The molecular formula is C20H15N3O2. The minimum atomic E-state index is -0.354. The number of amides is 2. The van der Waals surface area contributed by atoms with Crippen molar-refractivity contribution < 1.29 is 9.59 Å². The van der Waals surface area contributed by atoms with Crippen LogP contribution in [0.25, 0.3) is 10.8 Å². The molecule has 122 valence electrons. The molecule has 1 atom stereocenters. The fourth-order valence-electron chi connectivity index (χ4n) is 3.08. The largest absolute Gasteiger partial charge is 0.349 e. The number of hydrogen-bond acceptors (Lipinski definition) is 3. The molecule has 1 N–H and O–H groups in total. The van der Waals surface area contributed by atoms with E-state index in [1.54, 1.807) is 18.2 Å². The highest BCUT2D eigenvalue weighted by Gasteiger charge is 2.24. The Morgan fingerprint density at radius 2 is 1.72 bits per heavy atom. The Kier molecular flexibility index (Phi) is 3.82. The lowest BCUT2D eigenvalue weighted by atomic mass is 9.99. The second-order valence-electron chi connectivity index (χ2n) is 5.86. The zero-order valence-corrected chi connectivity index (χ0v) is 13.3. The molecule has 25 heavy (non-hydrogen) atoms. The van der Waals surface area contributed by atoms with Crippen LogP contribution in [-0.4, -0.2) is 18.4 Å². The van der Waals surface area contributed by atoms with Crippen LogP contribution in [0.3, 0.4) is 0 Å². The van der Waals surface area contributed by atoms with E-state index >= 15 is 0 Å². The van der Waals surface area contributed by atoms with Crippen LogP contribution < -0.4 is 5.32 Å². The highest BCUT2D eigenvalue weighted by molar-refractivity contribution is 6.07. The van der Waals surface area contributed by atoms with Crippen molar-refractivity contribution in [2.45, 2.75) is 6.04 Å². The second kappa shape index (κ2) is 6.28. The van der Waals surface area contributed by atoms with E-state index in [0.717, 1.165) is 16.3 Å². The molecule has 0 saturated heterocycles. The summed E-state index contributed by atoms with van der Waals surface area (Å²) in [6.07, 6.45) is 0. The quantitative estimate of drug-likeness (QED) is 0.791. The fourth-order valence-corrected chi connectivity index (χ4v) is 3.08. The normalized spacial score (nSPS) is 15.8. The van der Waals surface area contributed by atoms with Gasteiger partial charge in [-0.3, -0.25) is 9.59 Å². The first-order valence-electron chi connectivity index (χ1n) is 8.04. The summed E-state index contributed by atoms with van der Waals surface area (Å²) >= 11 is 0. The summed E-state index contributed by atoms with van der Waals surface area (Å²) in [4.78, 5) is 24.4. The van der Waals surface area contributed by atoms with E-state index < -0.39 is 0 Å². The van der Waals surface area contributed by atoms with E-state index in [0.29, 0.717) is 11.1 Å². The number of carbonyl (C=O) groups is 2. The van der Waals surface area contributed by atoms with Crippen LogP contribution in [0, 0.1) is 0 Å². The summed E-state index contributed by atoms with van der Waals surface area (Å²) in [5, 5.41) is 12.6. The summed E-state index contributed by atoms with van der Waals surface area (Å²) in [5.41, 5.74) is 1.96. The highest BCUT2D eigenvalue weighted by Crippen LogP contribution is 2.27. The lowest BCUT2D eigenvalue weighted by molar-refractivity contribution is 0.0952. The van der Waals surface area contributed by atoms with Gasteiger partial charge in [-0.05, 0) is 28.5 Å². The van der Waals surface area contributed by atoms with E-state index in [-0.39, 0.29) is 24.4 Å². The fraction of sp³-hybridized carbons (Fsp3) is 0.100. The zero-order chi connectivity index (χ0) is 17.2. The summed E-state index contributed by atoms with van der Waals surface area (Å²) in [7, 11) is 0. The number of fused-ring (bicyclic) bond motifs is 2. The van der Waals surface area contributed by atoms with Gasteiger partial charge < -0.3 is 5.32 Å². The Morgan fingerprint density at radius 1 is 0.960 bits per heavy atom.